The Morgan fingerprint density at radius 1 is 0.415 bits per heavy atom. The highest BCUT2D eigenvalue weighted by atomic mass is 16.3. The van der Waals surface area contributed by atoms with E-state index < -0.39 is 0 Å². The highest BCUT2D eigenvalue weighted by Gasteiger charge is 2.10. The number of aliphatic hydroxyl groups is 2. The minimum Gasteiger partial charge on any atom is -0.396 e. The first-order valence-corrected chi connectivity index (χ1v) is 18.5. The van der Waals surface area contributed by atoms with Crippen molar-refractivity contribution < 1.29 is 10.2 Å². The van der Waals surface area contributed by atoms with Crippen molar-refractivity contribution in [1.29, 1.82) is 0 Å². The van der Waals surface area contributed by atoms with E-state index in [0.29, 0.717) is 11.8 Å². The first-order valence-electron chi connectivity index (χ1n) is 18.5. The van der Waals surface area contributed by atoms with Gasteiger partial charge in [-0.15, -0.1) is 0 Å². The molecule has 3 heteroatoms. The number of aliphatic hydroxyl groups excluding tert-OH is 2. The van der Waals surface area contributed by atoms with Gasteiger partial charge >= 0.3 is 0 Å². The van der Waals surface area contributed by atoms with E-state index in [1.165, 1.54) is 154 Å². The van der Waals surface area contributed by atoms with E-state index in [2.05, 4.69) is 43.5 Å². The molecule has 0 aromatic heterocycles. The first kappa shape index (κ1) is 40.4. The summed E-state index contributed by atoms with van der Waals surface area (Å²) < 4.78 is 0. The maximum absolute atomic E-state index is 9.79. The number of nitrogens with one attached hydrogen (secondary N) is 1. The van der Waals surface area contributed by atoms with Crippen molar-refractivity contribution in [3.63, 3.8) is 0 Å². The van der Waals surface area contributed by atoms with Crippen LogP contribution in [0.5, 0.6) is 0 Å². The summed E-state index contributed by atoms with van der Waals surface area (Å²) in [7, 11) is 0. The van der Waals surface area contributed by atoms with Gasteiger partial charge in [-0.3, -0.25) is 0 Å². The third kappa shape index (κ3) is 32.1. The Kier molecular flexibility index (Phi) is 35.0. The van der Waals surface area contributed by atoms with Crippen molar-refractivity contribution in [2.75, 3.05) is 26.3 Å². The largest absolute Gasteiger partial charge is 0.396 e. The minimum atomic E-state index is 0.269. The molecule has 0 aliphatic carbocycles. The van der Waals surface area contributed by atoms with Crippen molar-refractivity contribution in [2.24, 2.45) is 11.8 Å². The maximum Gasteiger partial charge on any atom is 0.0471 e. The fourth-order valence-corrected chi connectivity index (χ4v) is 5.66. The fourth-order valence-electron chi connectivity index (χ4n) is 5.66. The molecule has 0 aromatic carbocycles. The molecule has 0 aliphatic heterocycles. The molecule has 0 aliphatic rings. The zero-order valence-electron chi connectivity index (χ0n) is 28.1. The Morgan fingerprint density at radius 3 is 1.02 bits per heavy atom. The number of rotatable bonds is 34. The van der Waals surface area contributed by atoms with Gasteiger partial charge in [-0.2, -0.15) is 0 Å². The standard InChI is InChI=1S/C38H75NO2/c1-3-5-7-9-11-13-15-17-19-21-23-25-27-29-31-37(35-40)33-39-34-38(36-41)32-30-28-26-24-22-20-18-16-14-12-10-8-6-4-2/h17-20,37-41H,3-16,21-36H2,1-2H3/b19-17-,20-18-. The summed E-state index contributed by atoms with van der Waals surface area (Å²) in [5.74, 6) is 0.696. The quantitative estimate of drug-likeness (QED) is 0.0526. The molecule has 0 bridgehead atoms. The summed E-state index contributed by atoms with van der Waals surface area (Å²) in [6.07, 6.45) is 43.5. The van der Waals surface area contributed by atoms with Crippen LogP contribution in [-0.4, -0.2) is 36.5 Å². The summed E-state index contributed by atoms with van der Waals surface area (Å²) in [4.78, 5) is 0. The van der Waals surface area contributed by atoms with Crippen LogP contribution in [0.2, 0.25) is 0 Å². The molecule has 0 aromatic rings. The molecule has 244 valence electrons. The normalized spacial score (nSPS) is 13.6. The maximum atomic E-state index is 9.79. The van der Waals surface area contributed by atoms with E-state index in [1.54, 1.807) is 0 Å². The molecule has 41 heavy (non-hydrogen) atoms. The molecule has 2 unspecified atom stereocenters. The monoisotopic (exact) mass is 578 g/mol. The van der Waals surface area contributed by atoms with Crippen LogP contribution < -0.4 is 5.32 Å². The van der Waals surface area contributed by atoms with Gasteiger partial charge in [0.2, 0.25) is 0 Å². The highest BCUT2D eigenvalue weighted by Crippen LogP contribution is 2.14. The van der Waals surface area contributed by atoms with Crippen LogP contribution in [0.1, 0.15) is 181 Å². The number of hydrogen-bond donors (Lipinski definition) is 3. The molecular formula is C38H75NO2. The van der Waals surface area contributed by atoms with E-state index in [0.717, 1.165) is 25.9 Å². The third-order valence-electron chi connectivity index (χ3n) is 8.63. The Hall–Kier alpha value is -0.640. The van der Waals surface area contributed by atoms with E-state index in [-0.39, 0.29) is 13.2 Å². The minimum absolute atomic E-state index is 0.269. The van der Waals surface area contributed by atoms with E-state index in [4.69, 9.17) is 0 Å². The van der Waals surface area contributed by atoms with Crippen molar-refractivity contribution in [3.05, 3.63) is 24.3 Å². The van der Waals surface area contributed by atoms with Gasteiger partial charge in [-0.25, -0.2) is 0 Å². The molecule has 0 spiro atoms. The van der Waals surface area contributed by atoms with Crippen LogP contribution in [0.25, 0.3) is 0 Å². The number of hydrogen-bond acceptors (Lipinski definition) is 3. The molecule has 0 heterocycles. The molecule has 3 nitrogen and oxygen atoms in total. The molecule has 0 saturated heterocycles. The number of unbranched alkanes of at least 4 members (excludes halogenated alkanes) is 20. The average Bonchev–Trinajstić information content (AvgIpc) is 2.99. The van der Waals surface area contributed by atoms with Gasteiger partial charge in [0, 0.05) is 26.3 Å². The van der Waals surface area contributed by atoms with Crippen molar-refractivity contribution in [3.8, 4) is 0 Å². The van der Waals surface area contributed by atoms with Gasteiger partial charge in [-0.1, -0.05) is 141 Å². The van der Waals surface area contributed by atoms with Gasteiger partial charge in [0.05, 0.1) is 0 Å². The van der Waals surface area contributed by atoms with Gasteiger partial charge < -0.3 is 15.5 Å². The van der Waals surface area contributed by atoms with E-state index >= 15 is 0 Å². The van der Waals surface area contributed by atoms with Gasteiger partial charge in [-0.05, 0) is 76.0 Å². The summed E-state index contributed by atoms with van der Waals surface area (Å²) in [5.41, 5.74) is 0. The predicted molar refractivity (Wildman–Crippen MR) is 184 cm³/mol. The molecule has 0 rings (SSSR count). The van der Waals surface area contributed by atoms with Gasteiger partial charge in [0.1, 0.15) is 0 Å². The Labute approximate surface area is 258 Å². The topological polar surface area (TPSA) is 52.5 Å². The molecule has 0 saturated carbocycles. The zero-order valence-corrected chi connectivity index (χ0v) is 28.1. The molecule has 0 radical (unpaired) electrons. The predicted octanol–water partition coefficient (Wildman–Crippen LogP) is 11.1. The summed E-state index contributed by atoms with van der Waals surface area (Å²) in [6.45, 7) is 6.84. The van der Waals surface area contributed by atoms with Crippen LogP contribution in [0, 0.1) is 11.8 Å². The molecule has 0 fully saturated rings. The second-order valence-electron chi connectivity index (χ2n) is 12.8. The van der Waals surface area contributed by atoms with Crippen LogP contribution in [0.15, 0.2) is 24.3 Å². The Bertz CT molecular complexity index is 486. The van der Waals surface area contributed by atoms with Gasteiger partial charge in [0.25, 0.3) is 0 Å². The van der Waals surface area contributed by atoms with Crippen LogP contribution >= 0.6 is 0 Å². The highest BCUT2D eigenvalue weighted by molar-refractivity contribution is 4.82. The summed E-state index contributed by atoms with van der Waals surface area (Å²) in [5, 5.41) is 23.1. The smallest absolute Gasteiger partial charge is 0.0471 e. The average molecular weight is 578 g/mol. The third-order valence-corrected chi connectivity index (χ3v) is 8.63. The van der Waals surface area contributed by atoms with E-state index in [1.807, 2.05) is 0 Å². The van der Waals surface area contributed by atoms with Crippen LogP contribution in [0.4, 0.5) is 0 Å². The molecular weight excluding hydrogens is 502 g/mol. The lowest BCUT2D eigenvalue weighted by atomic mass is 9.99. The second kappa shape index (κ2) is 35.6. The van der Waals surface area contributed by atoms with E-state index in [9.17, 15) is 10.2 Å². The molecule has 0 amide bonds. The Balaban J connectivity index is 3.58. The van der Waals surface area contributed by atoms with Crippen molar-refractivity contribution in [1.82, 2.24) is 5.32 Å². The zero-order chi connectivity index (χ0) is 29.9. The molecule has 3 N–H and O–H groups in total. The van der Waals surface area contributed by atoms with Crippen LogP contribution in [0.3, 0.4) is 0 Å². The first-order chi connectivity index (χ1) is 20.3. The molecule has 2 atom stereocenters. The summed E-state index contributed by atoms with van der Waals surface area (Å²) >= 11 is 0. The second-order valence-corrected chi connectivity index (χ2v) is 12.8. The van der Waals surface area contributed by atoms with Crippen LogP contribution in [-0.2, 0) is 0 Å². The lowest BCUT2D eigenvalue weighted by Gasteiger charge is -2.19. The lowest BCUT2D eigenvalue weighted by molar-refractivity contribution is 0.193. The van der Waals surface area contributed by atoms with Crippen molar-refractivity contribution >= 4 is 0 Å². The van der Waals surface area contributed by atoms with Gasteiger partial charge in [0.15, 0.2) is 0 Å². The fraction of sp³-hybridized carbons (Fsp3) is 0.895. The lowest BCUT2D eigenvalue weighted by Crippen LogP contribution is -2.31. The Morgan fingerprint density at radius 2 is 0.707 bits per heavy atom. The summed E-state index contributed by atoms with van der Waals surface area (Å²) in [6, 6.07) is 0. The SMILES string of the molecule is CCCCCCCC/C=C\CCCCCCC(CO)CNCC(CO)CCCCCC/C=C\CCCCCCCC. The van der Waals surface area contributed by atoms with Crippen molar-refractivity contribution in [2.45, 2.75) is 181 Å². The number of allylic oxidation sites excluding steroid dienone is 4.